The monoisotopic (exact) mass is 1390 g/mol. The minimum Gasteiger partial charge on any atom is -0.466 e. The lowest BCUT2D eigenvalue weighted by molar-refractivity contribution is -0.143. The summed E-state index contributed by atoms with van der Waals surface area (Å²) in [5.41, 5.74) is 0. The summed E-state index contributed by atoms with van der Waals surface area (Å²) in [5.74, 6) is -0.0309. The van der Waals surface area contributed by atoms with Crippen molar-refractivity contribution in [3.63, 3.8) is 0 Å². The molecule has 0 aromatic heterocycles. The molecule has 2 atom stereocenters. The average Bonchev–Trinajstić information content (AvgIpc) is 2.01. The highest BCUT2D eigenvalue weighted by Crippen LogP contribution is 2.22. The van der Waals surface area contributed by atoms with Crippen LogP contribution in [0.5, 0.6) is 0 Å². The molecule has 6 heteroatoms. The smallest absolute Gasteiger partial charge is 0.305 e. The molecule has 0 bridgehead atoms. The molecule has 99 heavy (non-hydrogen) atoms. The number of unbranched alkanes of at least 4 members (excludes halogenated alkanes) is 75. The summed E-state index contributed by atoms with van der Waals surface area (Å²) >= 11 is 0. The summed E-state index contributed by atoms with van der Waals surface area (Å²) in [6.07, 6.45) is 117. The number of carbonyl (C=O) groups excluding carboxylic acids is 2. The molecule has 0 saturated heterocycles. The number of esters is 1. The Morgan fingerprint density at radius 2 is 0.475 bits per heavy atom. The highest BCUT2D eigenvalue weighted by Gasteiger charge is 2.18. The zero-order valence-electron chi connectivity index (χ0n) is 67.8. The van der Waals surface area contributed by atoms with E-state index in [1.807, 2.05) is 6.08 Å². The molecule has 0 radical (unpaired) electrons. The van der Waals surface area contributed by atoms with E-state index in [1.54, 1.807) is 6.08 Å². The van der Waals surface area contributed by atoms with Crippen LogP contribution < -0.4 is 5.32 Å². The van der Waals surface area contributed by atoms with Crippen molar-refractivity contribution in [2.45, 2.75) is 546 Å². The fourth-order valence-corrected chi connectivity index (χ4v) is 15.0. The number of amides is 1. The number of aliphatic hydroxyl groups excluding tert-OH is 2. The highest BCUT2D eigenvalue weighted by molar-refractivity contribution is 5.76. The fraction of sp³-hybridized carbons (Fsp3) is 0.935. The first-order valence-electron chi connectivity index (χ1n) is 46.1. The summed E-state index contributed by atoms with van der Waals surface area (Å²) in [6, 6.07) is -0.625. The van der Waals surface area contributed by atoms with Gasteiger partial charge in [0.15, 0.2) is 0 Å². The minimum absolute atomic E-state index is 0.0248. The standard InChI is InChI=1S/C93H181NO5/c1-3-5-7-9-11-13-15-17-19-21-23-24-25-43-46-50-53-57-61-65-69-73-77-81-85-91(96)90(89-95)94-92(97)86-82-78-74-70-66-62-58-54-51-47-44-41-39-37-35-33-31-29-27-26-28-30-32-34-36-38-40-42-45-48-52-56-60-64-68-72-76-80-84-88-99-93(98)87-83-79-75-71-67-63-59-55-49-22-20-18-16-14-12-10-8-6-4-2/h18,20,81,85,90-91,95-96H,3-17,19,21-80,82-84,86-89H2,1-2H3,(H,94,97)/b20-18-,85-81+. The average molecular weight is 1390 g/mol. The van der Waals surface area contributed by atoms with Crippen molar-refractivity contribution in [3.8, 4) is 0 Å². The van der Waals surface area contributed by atoms with Gasteiger partial charge >= 0.3 is 5.97 Å². The van der Waals surface area contributed by atoms with Crippen LogP contribution in [0.1, 0.15) is 534 Å². The first-order chi connectivity index (χ1) is 49.0. The lowest BCUT2D eigenvalue weighted by Crippen LogP contribution is -2.45. The van der Waals surface area contributed by atoms with Gasteiger partial charge in [-0.15, -0.1) is 0 Å². The summed E-state index contributed by atoms with van der Waals surface area (Å²) in [4.78, 5) is 24.7. The minimum atomic E-state index is -0.842. The number of hydrogen-bond donors (Lipinski definition) is 3. The van der Waals surface area contributed by atoms with Gasteiger partial charge < -0.3 is 20.3 Å². The van der Waals surface area contributed by atoms with Crippen LogP contribution in [0.2, 0.25) is 0 Å². The lowest BCUT2D eigenvalue weighted by atomic mass is 10.0. The molecule has 0 aliphatic rings. The quantitative estimate of drug-likeness (QED) is 0.0320. The molecule has 1 amide bonds. The van der Waals surface area contributed by atoms with Gasteiger partial charge in [-0.1, -0.05) is 488 Å². The van der Waals surface area contributed by atoms with Gasteiger partial charge in [-0.2, -0.15) is 0 Å². The molecular formula is C93H181NO5. The number of hydrogen-bond acceptors (Lipinski definition) is 5. The second-order valence-corrected chi connectivity index (χ2v) is 32.0. The number of carbonyl (C=O) groups is 2. The van der Waals surface area contributed by atoms with E-state index in [0.717, 1.165) is 38.5 Å². The third kappa shape index (κ3) is 85.2. The molecule has 0 fully saturated rings. The van der Waals surface area contributed by atoms with Crippen LogP contribution in [0.25, 0.3) is 0 Å². The van der Waals surface area contributed by atoms with Crippen LogP contribution in [-0.4, -0.2) is 47.4 Å². The molecule has 0 aliphatic heterocycles. The van der Waals surface area contributed by atoms with E-state index in [0.29, 0.717) is 19.4 Å². The van der Waals surface area contributed by atoms with Crippen LogP contribution in [0.3, 0.4) is 0 Å². The van der Waals surface area contributed by atoms with E-state index in [9.17, 15) is 19.8 Å². The van der Waals surface area contributed by atoms with Gasteiger partial charge in [0.1, 0.15) is 0 Å². The third-order valence-corrected chi connectivity index (χ3v) is 22.0. The molecule has 0 saturated carbocycles. The van der Waals surface area contributed by atoms with Crippen molar-refractivity contribution in [3.05, 3.63) is 24.3 Å². The predicted octanol–water partition coefficient (Wildman–Crippen LogP) is 31.1. The Morgan fingerprint density at radius 3 is 0.717 bits per heavy atom. The summed E-state index contributed by atoms with van der Waals surface area (Å²) < 4.78 is 5.53. The molecule has 0 aromatic rings. The second kappa shape index (κ2) is 88.7. The second-order valence-electron chi connectivity index (χ2n) is 32.0. The van der Waals surface area contributed by atoms with Crippen molar-refractivity contribution in [1.29, 1.82) is 0 Å². The van der Waals surface area contributed by atoms with E-state index < -0.39 is 12.1 Å². The number of aliphatic hydroxyl groups is 2. The lowest BCUT2D eigenvalue weighted by Gasteiger charge is -2.20. The van der Waals surface area contributed by atoms with Crippen LogP contribution in [-0.2, 0) is 14.3 Å². The van der Waals surface area contributed by atoms with Crippen molar-refractivity contribution < 1.29 is 24.5 Å². The summed E-state index contributed by atoms with van der Waals surface area (Å²) in [6.45, 7) is 4.97. The molecule has 6 nitrogen and oxygen atoms in total. The fourth-order valence-electron chi connectivity index (χ4n) is 15.0. The van der Waals surface area contributed by atoms with Crippen LogP contribution in [0.4, 0.5) is 0 Å². The van der Waals surface area contributed by atoms with Gasteiger partial charge in [0.25, 0.3) is 0 Å². The van der Waals surface area contributed by atoms with Gasteiger partial charge in [-0.25, -0.2) is 0 Å². The SMILES string of the molecule is CCCCCCCC/C=C\CCCCCCCCCCCC(=O)OCCCCCCCCCCCCCCCCCCCCCCCCCCCCCCCCCCCCCCCCCC(=O)NC(CO)C(O)/C=C/CCCCCCCCCCCCCCCCCCCCCCCC. The van der Waals surface area contributed by atoms with Crippen molar-refractivity contribution >= 4 is 11.9 Å². The van der Waals surface area contributed by atoms with E-state index in [4.69, 9.17) is 4.74 Å². The number of rotatable bonds is 88. The van der Waals surface area contributed by atoms with Crippen LogP contribution in [0, 0.1) is 0 Å². The molecular weight excluding hydrogens is 1210 g/mol. The molecule has 0 aromatic carbocycles. The Labute approximate surface area is 622 Å². The van der Waals surface area contributed by atoms with E-state index in [1.165, 1.54) is 469 Å². The van der Waals surface area contributed by atoms with Crippen molar-refractivity contribution in [2.24, 2.45) is 0 Å². The molecule has 2 unspecified atom stereocenters. The number of allylic oxidation sites excluding steroid dienone is 3. The Morgan fingerprint density at radius 1 is 0.273 bits per heavy atom. The van der Waals surface area contributed by atoms with E-state index in [2.05, 4.69) is 31.3 Å². The summed E-state index contributed by atoms with van der Waals surface area (Å²) in [7, 11) is 0. The predicted molar refractivity (Wildman–Crippen MR) is 440 cm³/mol. The van der Waals surface area contributed by atoms with E-state index >= 15 is 0 Å². The first-order valence-corrected chi connectivity index (χ1v) is 46.1. The van der Waals surface area contributed by atoms with E-state index in [-0.39, 0.29) is 18.5 Å². The third-order valence-electron chi connectivity index (χ3n) is 22.0. The summed E-state index contributed by atoms with van der Waals surface area (Å²) in [5, 5.41) is 23.4. The molecule has 0 aliphatic carbocycles. The van der Waals surface area contributed by atoms with Gasteiger partial charge in [0.2, 0.25) is 5.91 Å². The number of nitrogens with one attached hydrogen (secondary N) is 1. The van der Waals surface area contributed by atoms with Gasteiger partial charge in [0.05, 0.1) is 25.4 Å². The highest BCUT2D eigenvalue weighted by atomic mass is 16.5. The molecule has 588 valence electrons. The molecule has 3 N–H and O–H groups in total. The van der Waals surface area contributed by atoms with Crippen LogP contribution >= 0.6 is 0 Å². The normalized spacial score (nSPS) is 12.5. The molecule has 0 heterocycles. The van der Waals surface area contributed by atoms with Gasteiger partial charge in [-0.05, 0) is 57.8 Å². The van der Waals surface area contributed by atoms with Crippen LogP contribution in [0.15, 0.2) is 24.3 Å². The maximum atomic E-state index is 12.6. The Kier molecular flexibility index (Phi) is 87.2. The van der Waals surface area contributed by atoms with Gasteiger partial charge in [-0.3, -0.25) is 9.59 Å². The van der Waals surface area contributed by atoms with Crippen molar-refractivity contribution in [2.75, 3.05) is 13.2 Å². The number of ether oxygens (including phenoxy) is 1. The maximum absolute atomic E-state index is 12.6. The Bertz CT molecular complexity index is 1560. The van der Waals surface area contributed by atoms with Gasteiger partial charge in [0, 0.05) is 12.8 Å². The zero-order chi connectivity index (χ0) is 71.2. The largest absolute Gasteiger partial charge is 0.466 e. The molecule has 0 spiro atoms. The maximum Gasteiger partial charge on any atom is 0.305 e. The topological polar surface area (TPSA) is 95.9 Å². The van der Waals surface area contributed by atoms with Crippen molar-refractivity contribution in [1.82, 2.24) is 5.32 Å². The first kappa shape index (κ1) is 97.3. The Hall–Kier alpha value is -1.66. The zero-order valence-corrected chi connectivity index (χ0v) is 67.8. The Balaban J connectivity index is 3.31. The molecule has 0 rings (SSSR count).